The molecule has 9 nitrogen and oxygen atoms in total. The van der Waals surface area contributed by atoms with E-state index >= 15 is 0 Å². The zero-order valence-electron chi connectivity index (χ0n) is 16.8. The Bertz CT molecular complexity index is 1190. The number of nitrogens with zero attached hydrogens (tertiary/aromatic N) is 4. The molecule has 0 bridgehead atoms. The Kier molecular flexibility index (Phi) is 6.02. The Morgan fingerprint density at radius 2 is 2.13 bits per heavy atom. The fourth-order valence-corrected chi connectivity index (χ4v) is 3.44. The molecule has 4 rings (SSSR count). The third kappa shape index (κ3) is 4.77. The molecule has 1 fully saturated rings. The van der Waals surface area contributed by atoms with Crippen LogP contribution in [0.1, 0.15) is 23.2 Å². The van der Waals surface area contributed by atoms with Gasteiger partial charge in [-0.15, -0.1) is 0 Å². The zero-order chi connectivity index (χ0) is 21.6. The van der Waals surface area contributed by atoms with Gasteiger partial charge in [0, 0.05) is 31.0 Å². The summed E-state index contributed by atoms with van der Waals surface area (Å²) in [5, 5.41) is 0.416. The summed E-state index contributed by atoms with van der Waals surface area (Å²) >= 11 is 0. The van der Waals surface area contributed by atoms with Crippen molar-refractivity contribution in [3.63, 3.8) is 0 Å². The highest BCUT2D eigenvalue weighted by Crippen LogP contribution is 2.16. The summed E-state index contributed by atoms with van der Waals surface area (Å²) in [5.74, 6) is 0.232. The van der Waals surface area contributed by atoms with Gasteiger partial charge in [-0.2, -0.15) is 4.98 Å². The number of carbonyl (C=O) groups excluding carboxylic acids is 1. The van der Waals surface area contributed by atoms with E-state index in [1.54, 1.807) is 6.07 Å². The van der Waals surface area contributed by atoms with Crippen LogP contribution < -0.4 is 16.0 Å². The molecule has 9 heteroatoms. The maximum absolute atomic E-state index is 12.7. The number of nitrogens with one attached hydrogen (secondary N) is 1. The lowest BCUT2D eigenvalue weighted by molar-refractivity contribution is 0.0710. The molecule has 0 spiro atoms. The molecule has 3 aromatic rings. The second-order valence-corrected chi connectivity index (χ2v) is 7.13. The summed E-state index contributed by atoms with van der Waals surface area (Å²) in [4.78, 5) is 42.0. The lowest BCUT2D eigenvalue weighted by Gasteiger charge is -2.31. The van der Waals surface area contributed by atoms with E-state index in [2.05, 4.69) is 19.9 Å². The Balaban J connectivity index is 1.43. The fraction of sp³-hybridized carbons (Fsp3) is 0.227. The first-order valence-corrected chi connectivity index (χ1v) is 9.95. The smallest absolute Gasteiger partial charge is 0.302 e. The number of H-pyrrole nitrogens is 1. The van der Waals surface area contributed by atoms with Crippen molar-refractivity contribution in [1.82, 2.24) is 19.9 Å². The molecule has 2 aromatic heterocycles. The number of likely N-dealkylation sites (tertiary alicyclic amines) is 1. The Hall–Kier alpha value is -4.01. The van der Waals surface area contributed by atoms with E-state index in [0.29, 0.717) is 29.6 Å². The SMILES string of the molecule is NC=C(C=NC1CCCN(C(=O)c2ccccc2)C1)Oc1nc2cnccc2c(=O)[nH]1. The maximum atomic E-state index is 12.7. The Labute approximate surface area is 178 Å². The highest BCUT2D eigenvalue weighted by atomic mass is 16.5. The molecule has 3 heterocycles. The van der Waals surface area contributed by atoms with Crippen LogP contribution in [0.3, 0.4) is 0 Å². The predicted octanol–water partition coefficient (Wildman–Crippen LogP) is 1.87. The number of pyridine rings is 1. The van der Waals surface area contributed by atoms with Crippen molar-refractivity contribution < 1.29 is 9.53 Å². The summed E-state index contributed by atoms with van der Waals surface area (Å²) in [5.41, 5.74) is 6.41. The van der Waals surface area contributed by atoms with Crippen LogP contribution in [0.4, 0.5) is 0 Å². The molecule has 1 saturated heterocycles. The van der Waals surface area contributed by atoms with E-state index in [0.717, 1.165) is 12.8 Å². The monoisotopic (exact) mass is 418 g/mol. The Morgan fingerprint density at radius 3 is 2.94 bits per heavy atom. The van der Waals surface area contributed by atoms with Crippen LogP contribution >= 0.6 is 0 Å². The van der Waals surface area contributed by atoms with E-state index in [1.165, 1.54) is 24.8 Å². The second-order valence-electron chi connectivity index (χ2n) is 7.13. The molecule has 158 valence electrons. The number of ether oxygens (including phenoxy) is 1. The summed E-state index contributed by atoms with van der Waals surface area (Å²) in [6.45, 7) is 1.21. The van der Waals surface area contributed by atoms with Gasteiger partial charge in [-0.25, -0.2) is 0 Å². The average Bonchev–Trinajstić information content (AvgIpc) is 2.82. The number of aromatic nitrogens is 3. The zero-order valence-corrected chi connectivity index (χ0v) is 16.8. The van der Waals surface area contributed by atoms with Crippen molar-refractivity contribution >= 4 is 23.0 Å². The number of amides is 1. The quantitative estimate of drug-likeness (QED) is 0.481. The van der Waals surface area contributed by atoms with E-state index in [9.17, 15) is 9.59 Å². The van der Waals surface area contributed by atoms with Crippen molar-refractivity contribution in [2.24, 2.45) is 10.7 Å². The number of hydrogen-bond acceptors (Lipinski definition) is 7. The van der Waals surface area contributed by atoms with Crippen LogP contribution in [0.5, 0.6) is 6.01 Å². The lowest BCUT2D eigenvalue weighted by Crippen LogP contribution is -2.41. The second kappa shape index (κ2) is 9.21. The first-order chi connectivity index (χ1) is 15.1. The molecule has 3 N–H and O–H groups in total. The normalized spacial score (nSPS) is 17.2. The molecule has 1 amide bonds. The molecular formula is C22H22N6O3. The largest absolute Gasteiger partial charge is 0.422 e. The van der Waals surface area contributed by atoms with Crippen LogP contribution in [0.15, 0.2) is 70.5 Å². The minimum atomic E-state index is -0.335. The molecule has 1 atom stereocenters. The topological polar surface area (TPSA) is 127 Å². The van der Waals surface area contributed by atoms with Gasteiger partial charge in [0.2, 0.25) is 0 Å². The number of allylic oxidation sites excluding steroid dienone is 1. The third-order valence-electron chi connectivity index (χ3n) is 4.98. The van der Waals surface area contributed by atoms with Gasteiger partial charge in [0.25, 0.3) is 11.5 Å². The molecule has 31 heavy (non-hydrogen) atoms. The molecular weight excluding hydrogens is 396 g/mol. The van der Waals surface area contributed by atoms with Crippen molar-refractivity contribution in [2.75, 3.05) is 13.1 Å². The highest BCUT2D eigenvalue weighted by Gasteiger charge is 2.23. The minimum absolute atomic E-state index is 0.00169. The van der Waals surface area contributed by atoms with Crippen molar-refractivity contribution in [2.45, 2.75) is 18.9 Å². The van der Waals surface area contributed by atoms with E-state index in [4.69, 9.17) is 10.5 Å². The number of aliphatic imine (C=N–C) groups is 1. The number of rotatable bonds is 5. The first kappa shape index (κ1) is 20.3. The summed E-state index contributed by atoms with van der Waals surface area (Å²) in [6.07, 6.45) is 7.45. The molecule has 1 unspecified atom stereocenters. The number of carbonyl (C=O) groups is 1. The fourth-order valence-electron chi connectivity index (χ4n) is 3.44. The van der Waals surface area contributed by atoms with Gasteiger partial charge in [-0.3, -0.25) is 24.5 Å². The molecule has 1 aliphatic rings. The first-order valence-electron chi connectivity index (χ1n) is 9.95. The van der Waals surface area contributed by atoms with Crippen LogP contribution in [0.2, 0.25) is 0 Å². The van der Waals surface area contributed by atoms with Gasteiger partial charge in [0.05, 0.1) is 29.4 Å². The summed E-state index contributed by atoms with van der Waals surface area (Å²) in [7, 11) is 0. The highest BCUT2D eigenvalue weighted by molar-refractivity contribution is 5.94. The van der Waals surface area contributed by atoms with Gasteiger partial charge >= 0.3 is 6.01 Å². The van der Waals surface area contributed by atoms with Crippen LogP contribution in [0, 0.1) is 0 Å². The number of piperidine rings is 1. The molecule has 1 aliphatic heterocycles. The number of hydrogen-bond donors (Lipinski definition) is 2. The van der Waals surface area contributed by atoms with Gasteiger partial charge < -0.3 is 15.4 Å². The van der Waals surface area contributed by atoms with Gasteiger partial charge in [-0.1, -0.05) is 18.2 Å². The van der Waals surface area contributed by atoms with E-state index in [1.807, 2.05) is 35.2 Å². The minimum Gasteiger partial charge on any atom is -0.422 e. The summed E-state index contributed by atoms with van der Waals surface area (Å²) in [6, 6.07) is 10.7. The van der Waals surface area contributed by atoms with Crippen LogP contribution in [-0.2, 0) is 0 Å². The molecule has 1 aromatic carbocycles. The van der Waals surface area contributed by atoms with Gasteiger partial charge in [-0.05, 0) is 31.0 Å². The van der Waals surface area contributed by atoms with E-state index in [-0.39, 0.29) is 29.3 Å². The number of nitrogens with two attached hydrogens (primary N) is 1. The molecule has 0 aliphatic carbocycles. The summed E-state index contributed by atoms with van der Waals surface area (Å²) < 4.78 is 5.60. The van der Waals surface area contributed by atoms with Gasteiger partial charge in [0.15, 0.2) is 5.76 Å². The standard InChI is InChI=1S/C22H22N6O3/c23-11-17(31-22-26-19-13-24-9-8-18(19)20(29)27-22)12-25-16-7-4-10-28(14-16)21(30)15-5-2-1-3-6-15/h1-3,5-6,8-9,11-13,16H,4,7,10,14,23H2,(H,26,27,29). The Morgan fingerprint density at radius 1 is 1.29 bits per heavy atom. The van der Waals surface area contributed by atoms with Crippen molar-refractivity contribution in [3.8, 4) is 6.01 Å². The number of benzene rings is 1. The van der Waals surface area contributed by atoms with Crippen LogP contribution in [-0.4, -0.2) is 51.1 Å². The number of fused-ring (bicyclic) bond motifs is 1. The average molecular weight is 418 g/mol. The predicted molar refractivity (Wildman–Crippen MR) is 117 cm³/mol. The van der Waals surface area contributed by atoms with Gasteiger partial charge in [0.1, 0.15) is 0 Å². The van der Waals surface area contributed by atoms with Crippen molar-refractivity contribution in [1.29, 1.82) is 0 Å². The molecule has 0 saturated carbocycles. The third-order valence-corrected chi connectivity index (χ3v) is 4.98. The van der Waals surface area contributed by atoms with Crippen molar-refractivity contribution in [3.05, 3.63) is 76.7 Å². The number of aromatic amines is 1. The van der Waals surface area contributed by atoms with E-state index < -0.39 is 0 Å². The lowest BCUT2D eigenvalue weighted by atomic mass is 10.0. The van der Waals surface area contributed by atoms with Crippen LogP contribution in [0.25, 0.3) is 10.9 Å². The maximum Gasteiger partial charge on any atom is 0.302 e. The molecule has 0 radical (unpaired) electrons.